The maximum Gasteiger partial charge on any atom is 0.256 e. The average Bonchev–Trinajstić information content (AvgIpc) is 3.42. The standard InChI is InChI=1S/C25H22N6O3/c1-14-13-27-31(2)23(14)30-24(33)16-6-8-19-20(12-16)29-22(28-19)18-11-15(7-9-21(18)32)17-5-4-10-26-25(17)34-3/h4-13,32H,1-3H3,(H,28,29)(H,30,33). The SMILES string of the molecule is COc1ncccc1-c1ccc(O)c(-c2nc3ccc(C(=O)Nc4c(C)cnn4C)cc3[nH]2)c1. The molecule has 0 aliphatic heterocycles. The second-order valence-electron chi connectivity index (χ2n) is 7.86. The number of benzene rings is 2. The smallest absolute Gasteiger partial charge is 0.256 e. The molecule has 0 aliphatic rings. The van der Waals surface area contributed by atoms with Crippen molar-refractivity contribution in [2.75, 3.05) is 12.4 Å². The van der Waals surface area contributed by atoms with E-state index in [1.807, 2.05) is 25.1 Å². The molecule has 3 heterocycles. The molecule has 0 aliphatic carbocycles. The number of ether oxygens (including phenoxy) is 1. The number of aromatic amines is 1. The van der Waals surface area contributed by atoms with E-state index < -0.39 is 0 Å². The molecular formula is C25H22N6O3. The van der Waals surface area contributed by atoms with Crippen molar-refractivity contribution in [1.82, 2.24) is 24.7 Å². The van der Waals surface area contributed by atoms with E-state index in [2.05, 4.69) is 25.4 Å². The molecule has 0 unspecified atom stereocenters. The van der Waals surface area contributed by atoms with Crippen LogP contribution in [-0.2, 0) is 7.05 Å². The van der Waals surface area contributed by atoms with Gasteiger partial charge in [-0.2, -0.15) is 5.10 Å². The number of rotatable bonds is 5. The molecule has 0 spiro atoms. The van der Waals surface area contributed by atoms with Crippen LogP contribution in [0.25, 0.3) is 33.5 Å². The zero-order valence-corrected chi connectivity index (χ0v) is 18.8. The van der Waals surface area contributed by atoms with Crippen molar-refractivity contribution in [1.29, 1.82) is 0 Å². The quantitative estimate of drug-likeness (QED) is 0.364. The molecule has 0 saturated heterocycles. The Balaban J connectivity index is 1.50. The number of H-pyrrole nitrogens is 1. The van der Waals surface area contributed by atoms with Crippen molar-refractivity contribution >= 4 is 22.8 Å². The van der Waals surface area contributed by atoms with Gasteiger partial charge in [-0.25, -0.2) is 9.97 Å². The number of carbonyl (C=O) groups excluding carboxylic acids is 1. The predicted octanol–water partition coefficient (Wildman–Crippen LogP) is 4.30. The molecule has 0 atom stereocenters. The van der Waals surface area contributed by atoms with Crippen LogP contribution in [0.2, 0.25) is 0 Å². The average molecular weight is 454 g/mol. The van der Waals surface area contributed by atoms with Crippen LogP contribution >= 0.6 is 0 Å². The van der Waals surface area contributed by atoms with Gasteiger partial charge >= 0.3 is 0 Å². The summed E-state index contributed by atoms with van der Waals surface area (Å²) in [6, 6.07) is 14.2. The lowest BCUT2D eigenvalue weighted by molar-refractivity contribution is 0.102. The number of phenols is 1. The Morgan fingerprint density at radius 2 is 2.00 bits per heavy atom. The maximum atomic E-state index is 12.8. The van der Waals surface area contributed by atoms with Gasteiger partial charge in [-0.1, -0.05) is 6.07 Å². The zero-order valence-electron chi connectivity index (χ0n) is 18.8. The summed E-state index contributed by atoms with van der Waals surface area (Å²) < 4.78 is 6.99. The van der Waals surface area contributed by atoms with Gasteiger partial charge in [-0.3, -0.25) is 9.48 Å². The van der Waals surface area contributed by atoms with E-state index in [4.69, 9.17) is 4.74 Å². The van der Waals surface area contributed by atoms with Crippen LogP contribution in [0.1, 0.15) is 15.9 Å². The Morgan fingerprint density at radius 1 is 1.15 bits per heavy atom. The third kappa shape index (κ3) is 3.73. The third-order valence-corrected chi connectivity index (χ3v) is 5.62. The number of amides is 1. The minimum Gasteiger partial charge on any atom is -0.507 e. The molecule has 34 heavy (non-hydrogen) atoms. The number of methoxy groups -OCH3 is 1. The molecule has 0 saturated carbocycles. The highest BCUT2D eigenvalue weighted by Crippen LogP contribution is 2.35. The van der Waals surface area contributed by atoms with Crippen molar-refractivity contribution < 1.29 is 14.6 Å². The Hall–Kier alpha value is -4.66. The van der Waals surface area contributed by atoms with Gasteiger partial charge in [-0.05, 0) is 55.0 Å². The van der Waals surface area contributed by atoms with Crippen molar-refractivity contribution in [3.63, 3.8) is 0 Å². The summed E-state index contributed by atoms with van der Waals surface area (Å²) in [5.41, 5.74) is 4.84. The lowest BCUT2D eigenvalue weighted by Gasteiger charge is -2.09. The zero-order chi connectivity index (χ0) is 23.8. The van der Waals surface area contributed by atoms with Crippen LogP contribution in [-0.4, -0.2) is 42.9 Å². The van der Waals surface area contributed by atoms with Gasteiger partial charge in [0.25, 0.3) is 5.91 Å². The van der Waals surface area contributed by atoms with E-state index in [9.17, 15) is 9.90 Å². The highest BCUT2D eigenvalue weighted by molar-refractivity contribution is 6.06. The molecule has 5 aromatic rings. The first kappa shape index (κ1) is 21.2. The largest absolute Gasteiger partial charge is 0.507 e. The van der Waals surface area contributed by atoms with Gasteiger partial charge in [0.2, 0.25) is 5.88 Å². The molecule has 170 valence electrons. The van der Waals surface area contributed by atoms with Gasteiger partial charge in [0.1, 0.15) is 17.4 Å². The minimum atomic E-state index is -0.252. The Morgan fingerprint density at radius 3 is 2.76 bits per heavy atom. The van der Waals surface area contributed by atoms with Crippen molar-refractivity contribution in [2.24, 2.45) is 7.05 Å². The van der Waals surface area contributed by atoms with E-state index in [0.29, 0.717) is 39.7 Å². The van der Waals surface area contributed by atoms with Gasteiger partial charge in [-0.15, -0.1) is 0 Å². The van der Waals surface area contributed by atoms with Crippen molar-refractivity contribution in [3.05, 3.63) is 72.1 Å². The number of carbonyl (C=O) groups is 1. The first-order valence-corrected chi connectivity index (χ1v) is 10.6. The summed E-state index contributed by atoms with van der Waals surface area (Å²) in [5, 5.41) is 17.6. The Labute approximate surface area is 195 Å². The number of aryl methyl sites for hydroxylation is 2. The molecule has 9 heteroatoms. The molecule has 9 nitrogen and oxygen atoms in total. The molecule has 0 bridgehead atoms. The molecule has 3 N–H and O–H groups in total. The summed E-state index contributed by atoms with van der Waals surface area (Å²) in [7, 11) is 3.34. The highest BCUT2D eigenvalue weighted by Gasteiger charge is 2.16. The lowest BCUT2D eigenvalue weighted by Crippen LogP contribution is -2.15. The van der Waals surface area contributed by atoms with Crippen LogP contribution in [0.3, 0.4) is 0 Å². The molecule has 5 rings (SSSR count). The normalized spacial score (nSPS) is 11.0. The number of hydrogen-bond acceptors (Lipinski definition) is 6. The topological polar surface area (TPSA) is 118 Å². The van der Waals surface area contributed by atoms with Crippen LogP contribution in [0.4, 0.5) is 5.82 Å². The fourth-order valence-corrected chi connectivity index (χ4v) is 3.85. The summed E-state index contributed by atoms with van der Waals surface area (Å²) in [6.07, 6.45) is 3.36. The number of nitrogens with one attached hydrogen (secondary N) is 2. The third-order valence-electron chi connectivity index (χ3n) is 5.62. The summed E-state index contributed by atoms with van der Waals surface area (Å²) in [4.78, 5) is 24.9. The number of anilines is 1. The molecular weight excluding hydrogens is 432 g/mol. The molecule has 0 fully saturated rings. The number of imidazole rings is 1. The van der Waals surface area contributed by atoms with Crippen molar-refractivity contribution in [2.45, 2.75) is 6.92 Å². The summed E-state index contributed by atoms with van der Waals surface area (Å²) in [5.74, 6) is 1.44. The molecule has 2 aromatic carbocycles. The Bertz CT molecular complexity index is 1520. The number of hydrogen-bond donors (Lipinski definition) is 3. The Kier molecular flexibility index (Phi) is 5.21. The van der Waals surface area contributed by atoms with Crippen LogP contribution in [0.15, 0.2) is 60.9 Å². The number of fused-ring (bicyclic) bond motifs is 1. The molecule has 1 amide bonds. The number of aromatic hydroxyl groups is 1. The van der Waals surface area contributed by atoms with E-state index in [1.165, 1.54) is 0 Å². The number of pyridine rings is 1. The van der Waals surface area contributed by atoms with E-state index in [-0.39, 0.29) is 11.7 Å². The fraction of sp³-hybridized carbons (Fsp3) is 0.120. The van der Waals surface area contributed by atoms with Gasteiger partial charge in [0, 0.05) is 29.9 Å². The van der Waals surface area contributed by atoms with Gasteiger partial charge in [0.15, 0.2) is 0 Å². The fourth-order valence-electron chi connectivity index (χ4n) is 3.85. The number of phenolic OH excluding ortho intramolecular Hbond substituents is 1. The van der Waals surface area contributed by atoms with E-state index >= 15 is 0 Å². The second-order valence-corrected chi connectivity index (χ2v) is 7.86. The second kappa shape index (κ2) is 8.36. The maximum absolute atomic E-state index is 12.8. The molecule has 0 radical (unpaired) electrons. The molecule has 3 aromatic heterocycles. The highest BCUT2D eigenvalue weighted by atomic mass is 16.5. The van der Waals surface area contributed by atoms with Gasteiger partial charge in [0.05, 0.1) is 29.9 Å². The number of aromatic nitrogens is 5. The summed E-state index contributed by atoms with van der Waals surface area (Å²) >= 11 is 0. The first-order valence-electron chi connectivity index (χ1n) is 10.6. The van der Waals surface area contributed by atoms with Crippen LogP contribution < -0.4 is 10.1 Å². The first-order chi connectivity index (χ1) is 16.4. The lowest BCUT2D eigenvalue weighted by atomic mass is 10.0. The summed E-state index contributed by atoms with van der Waals surface area (Å²) in [6.45, 7) is 1.88. The van der Waals surface area contributed by atoms with Crippen LogP contribution in [0, 0.1) is 6.92 Å². The predicted molar refractivity (Wildman–Crippen MR) is 129 cm³/mol. The van der Waals surface area contributed by atoms with Crippen molar-refractivity contribution in [3.8, 4) is 34.1 Å². The van der Waals surface area contributed by atoms with Gasteiger partial charge < -0.3 is 20.1 Å². The van der Waals surface area contributed by atoms with E-state index in [1.54, 1.807) is 61.6 Å². The van der Waals surface area contributed by atoms with Crippen LogP contribution in [0.5, 0.6) is 11.6 Å². The van der Waals surface area contributed by atoms with E-state index in [0.717, 1.165) is 16.7 Å². The monoisotopic (exact) mass is 454 g/mol. The minimum absolute atomic E-state index is 0.0790. The number of nitrogens with zero attached hydrogens (tertiary/aromatic N) is 4.